The normalized spacial score (nSPS) is 11.5. The number of H-pyrrole nitrogens is 1. The number of fused-ring (bicyclic) bond motifs is 1. The number of halogens is 1. The van der Waals surface area contributed by atoms with Crippen LogP contribution in [0.4, 0.5) is 0 Å². The Morgan fingerprint density at radius 1 is 1.47 bits per heavy atom. The molecule has 2 aromatic heterocycles. The highest BCUT2D eigenvalue weighted by Gasteiger charge is 2.10. The van der Waals surface area contributed by atoms with Crippen molar-refractivity contribution in [1.82, 2.24) is 14.5 Å². The largest absolute Gasteiger partial charge is 0.329 e. The Bertz CT molecular complexity index is 569. The lowest BCUT2D eigenvalue weighted by Crippen LogP contribution is -2.09. The van der Waals surface area contributed by atoms with E-state index in [4.69, 9.17) is 12.2 Å². The molecule has 1 N–H and O–H groups in total. The van der Waals surface area contributed by atoms with Crippen LogP contribution in [-0.2, 0) is 6.54 Å². The summed E-state index contributed by atoms with van der Waals surface area (Å²) < 4.78 is 3.84. The van der Waals surface area contributed by atoms with Crippen LogP contribution in [0.1, 0.15) is 26.7 Å². The van der Waals surface area contributed by atoms with Crippen LogP contribution < -0.4 is 0 Å². The van der Waals surface area contributed by atoms with Gasteiger partial charge < -0.3 is 9.55 Å². The monoisotopic (exact) mass is 313 g/mol. The highest BCUT2D eigenvalue weighted by molar-refractivity contribution is 9.10. The smallest absolute Gasteiger partial charge is 0.179 e. The molecule has 2 rings (SSSR count). The Morgan fingerprint density at radius 3 is 2.82 bits per heavy atom. The zero-order chi connectivity index (χ0) is 12.4. The van der Waals surface area contributed by atoms with Gasteiger partial charge in [0.05, 0.1) is 5.52 Å². The lowest BCUT2D eigenvalue weighted by Gasteiger charge is -2.13. The van der Waals surface area contributed by atoms with Crippen molar-refractivity contribution in [3.05, 3.63) is 21.5 Å². The van der Waals surface area contributed by atoms with Gasteiger partial charge in [-0.25, -0.2) is 4.98 Å². The maximum absolute atomic E-state index is 5.36. The molecule has 0 bridgehead atoms. The lowest BCUT2D eigenvalue weighted by molar-refractivity contribution is 0.421. The van der Waals surface area contributed by atoms with E-state index in [-0.39, 0.29) is 0 Å². The van der Waals surface area contributed by atoms with Gasteiger partial charge in [-0.2, -0.15) is 0 Å². The summed E-state index contributed by atoms with van der Waals surface area (Å²) in [6.07, 6.45) is 4.15. The number of nitrogens with one attached hydrogen (secondary N) is 1. The number of rotatable bonds is 4. The standard InChI is InChI=1S/C12H16BrN3S/c1-3-8(4-2)7-16-11-10(15-12(16)17)5-9(13)6-14-11/h5-6,8H,3-4,7H2,1-2H3,(H,15,17). The first-order chi connectivity index (χ1) is 8.15. The summed E-state index contributed by atoms with van der Waals surface area (Å²) in [6.45, 7) is 5.38. The summed E-state index contributed by atoms with van der Waals surface area (Å²) in [5.74, 6) is 0.658. The van der Waals surface area contributed by atoms with Gasteiger partial charge in [0.15, 0.2) is 10.4 Å². The van der Waals surface area contributed by atoms with Crippen molar-refractivity contribution in [2.45, 2.75) is 33.2 Å². The summed E-state index contributed by atoms with van der Waals surface area (Å²) in [5.41, 5.74) is 1.94. The van der Waals surface area contributed by atoms with Crippen molar-refractivity contribution in [2.75, 3.05) is 0 Å². The lowest BCUT2D eigenvalue weighted by atomic mass is 10.0. The molecule has 0 aliphatic rings. The molecule has 0 radical (unpaired) electrons. The average Bonchev–Trinajstić information content (AvgIpc) is 2.61. The van der Waals surface area contributed by atoms with Crippen LogP contribution in [0.3, 0.4) is 0 Å². The fourth-order valence-electron chi connectivity index (χ4n) is 1.99. The van der Waals surface area contributed by atoms with E-state index >= 15 is 0 Å². The van der Waals surface area contributed by atoms with E-state index in [1.807, 2.05) is 12.3 Å². The maximum Gasteiger partial charge on any atom is 0.179 e. The zero-order valence-electron chi connectivity index (χ0n) is 10.0. The van der Waals surface area contributed by atoms with E-state index in [0.29, 0.717) is 5.92 Å². The Morgan fingerprint density at radius 2 is 2.18 bits per heavy atom. The van der Waals surface area contributed by atoms with E-state index in [1.165, 1.54) is 12.8 Å². The molecule has 0 spiro atoms. The van der Waals surface area contributed by atoms with Crippen molar-refractivity contribution >= 4 is 39.3 Å². The first kappa shape index (κ1) is 12.8. The van der Waals surface area contributed by atoms with Crippen molar-refractivity contribution in [3.8, 4) is 0 Å². The molecule has 5 heteroatoms. The molecular formula is C12H16BrN3S. The number of pyridine rings is 1. The summed E-state index contributed by atoms with van der Waals surface area (Å²) in [5, 5.41) is 0. The van der Waals surface area contributed by atoms with E-state index in [2.05, 4.69) is 44.3 Å². The van der Waals surface area contributed by atoms with E-state index in [9.17, 15) is 0 Å². The first-order valence-electron chi connectivity index (χ1n) is 5.89. The first-order valence-corrected chi connectivity index (χ1v) is 7.09. The van der Waals surface area contributed by atoms with Crippen molar-refractivity contribution < 1.29 is 0 Å². The maximum atomic E-state index is 5.36. The van der Waals surface area contributed by atoms with E-state index < -0.39 is 0 Å². The van der Waals surface area contributed by atoms with Crippen LogP contribution >= 0.6 is 28.1 Å². The summed E-state index contributed by atoms with van der Waals surface area (Å²) in [7, 11) is 0. The summed E-state index contributed by atoms with van der Waals surface area (Å²) in [4.78, 5) is 7.65. The molecule has 0 aromatic carbocycles. The number of hydrogen-bond donors (Lipinski definition) is 1. The summed E-state index contributed by atoms with van der Waals surface area (Å²) in [6, 6.07) is 2.02. The molecule has 0 amide bonds. The van der Waals surface area contributed by atoms with Crippen LogP contribution in [0.15, 0.2) is 16.7 Å². The molecular weight excluding hydrogens is 298 g/mol. The van der Waals surface area contributed by atoms with E-state index in [0.717, 1.165) is 27.0 Å². The second-order valence-corrected chi connectivity index (χ2v) is 5.55. The Labute approximate surface area is 114 Å². The SMILES string of the molecule is CCC(CC)Cn1c(=S)[nH]c2cc(Br)cnc21. The van der Waals surface area contributed by atoms with Crippen LogP contribution in [0.5, 0.6) is 0 Å². The molecule has 3 nitrogen and oxygen atoms in total. The topological polar surface area (TPSA) is 33.6 Å². The third-order valence-corrected chi connectivity index (χ3v) is 3.93. The van der Waals surface area contributed by atoms with E-state index in [1.54, 1.807) is 0 Å². The summed E-state index contributed by atoms with van der Waals surface area (Å²) >= 11 is 8.78. The third kappa shape index (κ3) is 2.60. The predicted octanol–water partition coefficient (Wildman–Crippen LogP) is 4.29. The van der Waals surface area contributed by atoms with Crippen LogP contribution in [-0.4, -0.2) is 14.5 Å². The minimum atomic E-state index is 0.658. The fraction of sp³-hybridized carbons (Fsp3) is 0.500. The Kier molecular flexibility index (Phi) is 3.99. The molecule has 0 saturated heterocycles. The minimum Gasteiger partial charge on any atom is -0.329 e. The van der Waals surface area contributed by atoms with Gasteiger partial charge in [0.1, 0.15) is 0 Å². The second kappa shape index (κ2) is 5.31. The van der Waals surface area contributed by atoms with Crippen molar-refractivity contribution in [3.63, 3.8) is 0 Å². The molecule has 0 saturated carbocycles. The predicted molar refractivity (Wildman–Crippen MR) is 76.7 cm³/mol. The number of aromatic amines is 1. The molecule has 17 heavy (non-hydrogen) atoms. The Balaban J connectivity index is 2.46. The van der Waals surface area contributed by atoms with Crippen LogP contribution in [0, 0.1) is 10.7 Å². The highest BCUT2D eigenvalue weighted by Crippen LogP contribution is 2.19. The van der Waals surface area contributed by atoms with Crippen LogP contribution in [0.25, 0.3) is 11.2 Å². The van der Waals surface area contributed by atoms with Crippen molar-refractivity contribution in [1.29, 1.82) is 0 Å². The molecule has 0 aliphatic carbocycles. The highest BCUT2D eigenvalue weighted by atomic mass is 79.9. The van der Waals surface area contributed by atoms with Crippen molar-refractivity contribution in [2.24, 2.45) is 5.92 Å². The number of aromatic nitrogens is 3. The molecule has 2 aromatic rings. The Hall–Kier alpha value is -0.680. The second-order valence-electron chi connectivity index (χ2n) is 4.25. The van der Waals surface area contributed by atoms with Gasteiger partial charge in [-0.1, -0.05) is 26.7 Å². The average molecular weight is 314 g/mol. The fourth-order valence-corrected chi connectivity index (χ4v) is 2.59. The molecule has 0 unspecified atom stereocenters. The van der Waals surface area contributed by atoms with Gasteiger partial charge in [-0.15, -0.1) is 0 Å². The number of imidazole rings is 1. The van der Waals surface area contributed by atoms with Gasteiger partial charge in [0, 0.05) is 17.2 Å². The zero-order valence-corrected chi connectivity index (χ0v) is 12.4. The number of hydrogen-bond acceptors (Lipinski definition) is 2. The van der Waals surface area contributed by atoms with Gasteiger partial charge >= 0.3 is 0 Å². The minimum absolute atomic E-state index is 0.658. The molecule has 0 aliphatic heterocycles. The quantitative estimate of drug-likeness (QED) is 0.854. The molecule has 2 heterocycles. The van der Waals surface area contributed by atoms with Gasteiger partial charge in [0.2, 0.25) is 0 Å². The van der Waals surface area contributed by atoms with Gasteiger partial charge in [-0.3, -0.25) is 0 Å². The molecule has 92 valence electrons. The molecule has 0 atom stereocenters. The van der Waals surface area contributed by atoms with Gasteiger partial charge in [0.25, 0.3) is 0 Å². The van der Waals surface area contributed by atoms with Gasteiger partial charge in [-0.05, 0) is 40.1 Å². The third-order valence-electron chi connectivity index (χ3n) is 3.17. The number of nitrogens with zero attached hydrogens (tertiary/aromatic N) is 2. The molecule has 0 fully saturated rings. The van der Waals surface area contributed by atoms with Crippen LogP contribution in [0.2, 0.25) is 0 Å².